The van der Waals surface area contributed by atoms with E-state index in [-0.39, 0.29) is 30.5 Å². The lowest BCUT2D eigenvalue weighted by Gasteiger charge is -2.28. The van der Waals surface area contributed by atoms with Gasteiger partial charge in [0.25, 0.3) is 5.69 Å². The van der Waals surface area contributed by atoms with Gasteiger partial charge in [-0.1, -0.05) is 41.9 Å². The molecule has 0 bridgehead atoms. The topological polar surface area (TPSA) is 92.6 Å². The first-order valence-electron chi connectivity index (χ1n) is 8.87. The van der Waals surface area contributed by atoms with E-state index in [9.17, 15) is 19.7 Å². The minimum Gasteiger partial charge on any atom is -0.355 e. The third kappa shape index (κ3) is 5.53. The number of benzene rings is 2. The minimum absolute atomic E-state index is 0.121. The summed E-state index contributed by atoms with van der Waals surface area (Å²) in [5.41, 5.74) is 0.945. The molecule has 0 heterocycles. The van der Waals surface area contributed by atoms with Crippen LogP contribution in [0.15, 0.2) is 48.5 Å². The van der Waals surface area contributed by atoms with Crippen molar-refractivity contribution >= 4 is 29.1 Å². The summed E-state index contributed by atoms with van der Waals surface area (Å²) < 4.78 is 0. The van der Waals surface area contributed by atoms with E-state index in [0.29, 0.717) is 17.1 Å². The van der Waals surface area contributed by atoms with Crippen LogP contribution in [0.25, 0.3) is 0 Å². The molecule has 7 nitrogen and oxygen atoms in total. The number of amides is 2. The van der Waals surface area contributed by atoms with Crippen LogP contribution in [-0.2, 0) is 22.6 Å². The lowest BCUT2D eigenvalue weighted by atomic mass is 10.1. The summed E-state index contributed by atoms with van der Waals surface area (Å²) in [5.74, 6) is -0.673. The van der Waals surface area contributed by atoms with Crippen molar-refractivity contribution in [2.75, 3.05) is 6.54 Å². The van der Waals surface area contributed by atoms with Crippen molar-refractivity contribution < 1.29 is 14.5 Å². The first-order chi connectivity index (χ1) is 13.3. The van der Waals surface area contributed by atoms with Gasteiger partial charge < -0.3 is 10.2 Å². The largest absolute Gasteiger partial charge is 0.355 e. The maximum atomic E-state index is 13.0. The second-order valence-corrected chi connectivity index (χ2v) is 6.72. The van der Waals surface area contributed by atoms with Gasteiger partial charge in [0.15, 0.2) is 0 Å². The number of carbonyl (C=O) groups is 2. The number of nitrogens with one attached hydrogen (secondary N) is 1. The standard InChI is InChI=1S/C20H22ClN3O4/c1-3-22-20(26)14(2)23(13-15-7-6-9-17(21)11-15)19(25)12-16-8-4-5-10-18(16)24(27)28/h4-11,14H,3,12-13H2,1-2H3,(H,22,26). The number of likely N-dealkylation sites (N-methyl/N-ethyl adjacent to an activating group) is 1. The summed E-state index contributed by atoms with van der Waals surface area (Å²) in [6.07, 6.45) is -0.179. The van der Waals surface area contributed by atoms with E-state index in [0.717, 1.165) is 5.56 Å². The monoisotopic (exact) mass is 403 g/mol. The molecule has 1 N–H and O–H groups in total. The number of nitro groups is 1. The number of hydrogen-bond donors (Lipinski definition) is 1. The molecule has 0 saturated carbocycles. The predicted octanol–water partition coefficient (Wildman–Crippen LogP) is 3.34. The fourth-order valence-electron chi connectivity index (χ4n) is 2.84. The third-order valence-corrected chi connectivity index (χ3v) is 4.53. The lowest BCUT2D eigenvalue weighted by molar-refractivity contribution is -0.385. The molecule has 1 atom stereocenters. The molecule has 8 heteroatoms. The number of rotatable bonds is 8. The summed E-state index contributed by atoms with van der Waals surface area (Å²) in [5, 5.41) is 14.5. The van der Waals surface area contributed by atoms with Gasteiger partial charge in [0.05, 0.1) is 11.3 Å². The van der Waals surface area contributed by atoms with Gasteiger partial charge in [-0.3, -0.25) is 19.7 Å². The Bertz CT molecular complexity index is 872. The van der Waals surface area contributed by atoms with E-state index in [2.05, 4.69) is 5.32 Å². The fraction of sp³-hybridized carbons (Fsp3) is 0.300. The van der Waals surface area contributed by atoms with Gasteiger partial charge in [-0.15, -0.1) is 0 Å². The van der Waals surface area contributed by atoms with Crippen molar-refractivity contribution in [1.82, 2.24) is 10.2 Å². The van der Waals surface area contributed by atoms with Gasteiger partial charge in [-0.2, -0.15) is 0 Å². The van der Waals surface area contributed by atoms with Crippen molar-refractivity contribution in [3.63, 3.8) is 0 Å². The van der Waals surface area contributed by atoms with E-state index in [4.69, 9.17) is 11.6 Å². The summed E-state index contributed by atoms with van der Waals surface area (Å²) in [6, 6.07) is 12.4. The molecule has 0 aliphatic heterocycles. The van der Waals surface area contributed by atoms with Gasteiger partial charge in [0, 0.05) is 29.7 Å². The Morgan fingerprint density at radius 2 is 1.93 bits per heavy atom. The van der Waals surface area contributed by atoms with Gasteiger partial charge in [0.2, 0.25) is 11.8 Å². The molecule has 0 aliphatic carbocycles. The number of nitrogens with zero attached hydrogens (tertiary/aromatic N) is 2. The maximum absolute atomic E-state index is 13.0. The van der Waals surface area contributed by atoms with Crippen molar-refractivity contribution in [2.24, 2.45) is 0 Å². The highest BCUT2D eigenvalue weighted by atomic mass is 35.5. The Balaban J connectivity index is 2.31. The predicted molar refractivity (Wildman–Crippen MR) is 107 cm³/mol. The Morgan fingerprint density at radius 3 is 2.57 bits per heavy atom. The molecule has 0 saturated heterocycles. The van der Waals surface area contributed by atoms with Crippen LogP contribution >= 0.6 is 11.6 Å². The number of halogens is 1. The normalized spacial score (nSPS) is 11.5. The van der Waals surface area contributed by atoms with Crippen LogP contribution in [-0.4, -0.2) is 34.2 Å². The SMILES string of the molecule is CCNC(=O)C(C)N(Cc1cccc(Cl)c1)C(=O)Cc1ccccc1[N+](=O)[O-]. The van der Waals surface area contributed by atoms with Crippen LogP contribution in [0.2, 0.25) is 5.02 Å². The third-order valence-electron chi connectivity index (χ3n) is 4.29. The molecule has 1 unspecified atom stereocenters. The van der Waals surface area contributed by atoms with Crippen molar-refractivity contribution in [3.8, 4) is 0 Å². The van der Waals surface area contributed by atoms with E-state index in [1.165, 1.54) is 11.0 Å². The number of nitro benzene ring substituents is 1. The molecular formula is C20H22ClN3O4. The van der Waals surface area contributed by atoms with Gasteiger partial charge in [0.1, 0.15) is 6.04 Å². The zero-order chi connectivity index (χ0) is 20.7. The Labute approximate surface area is 168 Å². The zero-order valence-corrected chi connectivity index (χ0v) is 16.5. The molecule has 2 amide bonds. The highest BCUT2D eigenvalue weighted by molar-refractivity contribution is 6.30. The first-order valence-corrected chi connectivity index (χ1v) is 9.25. The van der Waals surface area contributed by atoms with Gasteiger partial charge in [-0.25, -0.2) is 0 Å². The van der Waals surface area contributed by atoms with E-state index < -0.39 is 11.0 Å². The summed E-state index contributed by atoms with van der Waals surface area (Å²) in [7, 11) is 0. The minimum atomic E-state index is -0.741. The van der Waals surface area contributed by atoms with Crippen molar-refractivity contribution in [3.05, 3.63) is 74.8 Å². The van der Waals surface area contributed by atoms with E-state index >= 15 is 0 Å². The molecule has 2 aromatic carbocycles. The van der Waals surface area contributed by atoms with Crippen molar-refractivity contribution in [2.45, 2.75) is 32.9 Å². The maximum Gasteiger partial charge on any atom is 0.273 e. The van der Waals surface area contributed by atoms with E-state index in [1.807, 2.05) is 6.07 Å². The molecule has 2 rings (SSSR count). The Hall–Kier alpha value is -2.93. The van der Waals surface area contributed by atoms with E-state index in [1.54, 1.807) is 50.2 Å². The number of para-hydroxylation sites is 1. The molecule has 0 fully saturated rings. The zero-order valence-electron chi connectivity index (χ0n) is 15.7. The van der Waals surface area contributed by atoms with Gasteiger partial charge >= 0.3 is 0 Å². The molecule has 0 aliphatic rings. The molecule has 28 heavy (non-hydrogen) atoms. The fourth-order valence-corrected chi connectivity index (χ4v) is 3.05. The van der Waals surface area contributed by atoms with Crippen LogP contribution in [0.3, 0.4) is 0 Å². The quantitative estimate of drug-likeness (QED) is 0.540. The van der Waals surface area contributed by atoms with Crippen LogP contribution in [0.1, 0.15) is 25.0 Å². The molecule has 2 aromatic rings. The van der Waals surface area contributed by atoms with Crippen LogP contribution in [0.5, 0.6) is 0 Å². The molecular weight excluding hydrogens is 382 g/mol. The smallest absolute Gasteiger partial charge is 0.273 e. The van der Waals surface area contributed by atoms with Crippen LogP contribution < -0.4 is 5.32 Å². The first kappa shape index (κ1) is 21.4. The Morgan fingerprint density at radius 1 is 1.21 bits per heavy atom. The second kappa shape index (κ2) is 9.85. The van der Waals surface area contributed by atoms with Crippen molar-refractivity contribution in [1.29, 1.82) is 0 Å². The highest BCUT2D eigenvalue weighted by Gasteiger charge is 2.27. The van der Waals surface area contributed by atoms with Gasteiger partial charge in [-0.05, 0) is 31.5 Å². The van der Waals surface area contributed by atoms with Crippen LogP contribution in [0, 0.1) is 10.1 Å². The van der Waals surface area contributed by atoms with Crippen LogP contribution in [0.4, 0.5) is 5.69 Å². The number of carbonyl (C=O) groups excluding carboxylic acids is 2. The molecule has 0 aromatic heterocycles. The molecule has 0 radical (unpaired) electrons. The highest BCUT2D eigenvalue weighted by Crippen LogP contribution is 2.21. The average Bonchev–Trinajstić information content (AvgIpc) is 2.66. The molecule has 148 valence electrons. The average molecular weight is 404 g/mol. The lowest BCUT2D eigenvalue weighted by Crippen LogP contribution is -2.48. The second-order valence-electron chi connectivity index (χ2n) is 6.28. The summed E-state index contributed by atoms with van der Waals surface area (Å²) >= 11 is 6.03. The summed E-state index contributed by atoms with van der Waals surface area (Å²) in [4.78, 5) is 37.5. The Kier molecular flexibility index (Phi) is 7.52. The number of hydrogen-bond acceptors (Lipinski definition) is 4. The summed E-state index contributed by atoms with van der Waals surface area (Å²) in [6.45, 7) is 4.03. The molecule has 0 spiro atoms.